The fourth-order valence-electron chi connectivity index (χ4n) is 2.91. The molecule has 0 aromatic rings. The molecule has 0 rings (SSSR count). The van der Waals surface area contributed by atoms with Crippen LogP contribution in [0.4, 0.5) is 0 Å². The molecule has 0 aliphatic rings. The van der Waals surface area contributed by atoms with Crippen molar-refractivity contribution in [3.63, 3.8) is 0 Å². The number of rotatable bonds is 12. The van der Waals surface area contributed by atoms with Gasteiger partial charge in [-0.05, 0) is 26.7 Å². The molecule has 0 amide bonds. The maximum Gasteiger partial charge on any atom is 0.362 e. The molecule has 0 aliphatic heterocycles. The number of carboxylic acids is 1. The summed E-state index contributed by atoms with van der Waals surface area (Å²) in [5.74, 6) is -0.423. The van der Waals surface area contributed by atoms with E-state index in [0.29, 0.717) is 36.2 Å². The number of allylic oxidation sites excluding steroid dienone is 1. The lowest BCUT2D eigenvalue weighted by atomic mass is 10.1. The summed E-state index contributed by atoms with van der Waals surface area (Å²) in [6.45, 7) is 9.53. The molecule has 0 fully saturated rings. The highest BCUT2D eigenvalue weighted by atomic mass is 16.4. The quantitative estimate of drug-likeness (QED) is 0.318. The Morgan fingerprint density at radius 3 is 2.05 bits per heavy atom. The van der Waals surface area contributed by atoms with Crippen molar-refractivity contribution in [3.8, 4) is 0 Å². The van der Waals surface area contributed by atoms with E-state index in [1.807, 2.05) is 20.8 Å². The first-order valence-corrected chi connectivity index (χ1v) is 8.47. The minimum atomic E-state index is -0.768. The maximum absolute atomic E-state index is 11.6. The summed E-state index contributed by atoms with van der Waals surface area (Å²) in [5.41, 5.74) is 0. The number of aliphatic hydroxyl groups excluding tert-OH is 1. The highest BCUT2D eigenvalue weighted by Gasteiger charge is 2.38. The highest BCUT2D eigenvalue weighted by molar-refractivity contribution is 5.72. The Labute approximate surface area is 130 Å². The minimum Gasteiger partial charge on any atom is -0.507 e. The summed E-state index contributed by atoms with van der Waals surface area (Å²) in [7, 11) is 0. The number of carboxylic acid groups (broad SMARTS) is 1. The molecule has 0 saturated heterocycles. The SMILES string of the molecule is CCCCCC/C(O)=C/[N+](CC)(CC)C(CCC)C(=O)O. The molecule has 0 spiro atoms. The zero-order chi connectivity index (χ0) is 16.3. The van der Waals surface area contributed by atoms with E-state index in [2.05, 4.69) is 6.92 Å². The number of hydrogen-bond acceptors (Lipinski definition) is 2. The summed E-state index contributed by atoms with van der Waals surface area (Å²) in [6.07, 6.45) is 8.35. The number of nitrogens with zero attached hydrogens (tertiary/aromatic N) is 1. The van der Waals surface area contributed by atoms with E-state index in [0.717, 1.165) is 19.3 Å². The number of unbranched alkanes of at least 4 members (excludes halogenated alkanes) is 3. The largest absolute Gasteiger partial charge is 0.507 e. The van der Waals surface area contributed by atoms with Gasteiger partial charge in [-0.25, -0.2) is 4.79 Å². The summed E-state index contributed by atoms with van der Waals surface area (Å²) in [6, 6.07) is -0.470. The third-order valence-corrected chi connectivity index (χ3v) is 4.34. The number of likely N-dealkylation sites (N-methyl/N-ethyl adjacent to an activating group) is 1. The highest BCUT2D eigenvalue weighted by Crippen LogP contribution is 2.22. The average Bonchev–Trinajstić information content (AvgIpc) is 2.47. The van der Waals surface area contributed by atoms with Crippen LogP contribution in [0.25, 0.3) is 0 Å². The molecule has 124 valence electrons. The zero-order valence-electron chi connectivity index (χ0n) is 14.3. The van der Waals surface area contributed by atoms with Crippen molar-refractivity contribution in [3.05, 3.63) is 12.0 Å². The van der Waals surface area contributed by atoms with Crippen LogP contribution < -0.4 is 0 Å². The van der Waals surface area contributed by atoms with Crippen LogP contribution in [0.1, 0.15) is 72.6 Å². The Morgan fingerprint density at radius 2 is 1.62 bits per heavy atom. The number of hydrogen-bond donors (Lipinski definition) is 2. The van der Waals surface area contributed by atoms with E-state index < -0.39 is 12.0 Å². The van der Waals surface area contributed by atoms with Crippen molar-refractivity contribution in [1.29, 1.82) is 0 Å². The molecule has 4 nitrogen and oxygen atoms in total. The van der Waals surface area contributed by atoms with Crippen LogP contribution >= 0.6 is 0 Å². The first-order valence-electron chi connectivity index (χ1n) is 8.47. The minimum absolute atomic E-state index is 0.336. The van der Waals surface area contributed by atoms with Gasteiger partial charge >= 0.3 is 5.97 Å². The summed E-state index contributed by atoms with van der Waals surface area (Å²) < 4.78 is 0.336. The maximum atomic E-state index is 11.6. The molecular formula is C17H34NO3+. The van der Waals surface area contributed by atoms with E-state index in [9.17, 15) is 15.0 Å². The van der Waals surface area contributed by atoms with Crippen LogP contribution in [-0.2, 0) is 4.79 Å². The van der Waals surface area contributed by atoms with E-state index in [1.54, 1.807) is 6.20 Å². The van der Waals surface area contributed by atoms with Crippen LogP contribution in [0.15, 0.2) is 12.0 Å². The standard InChI is InChI=1S/C17H33NO3/c1-5-9-10-11-13-15(19)14-18(7-3,8-4)16(12-6-2)17(20)21/h14,16H,5-13H2,1-4H3,(H-,19,20,21)/p+1/b15-14-. The molecule has 0 saturated carbocycles. The Morgan fingerprint density at radius 1 is 1.00 bits per heavy atom. The van der Waals surface area contributed by atoms with Crippen molar-refractivity contribution >= 4 is 5.97 Å². The van der Waals surface area contributed by atoms with Crippen molar-refractivity contribution in [2.45, 2.75) is 78.7 Å². The molecule has 0 bridgehead atoms. The molecule has 0 radical (unpaired) electrons. The number of carbonyl (C=O) groups is 1. The molecule has 0 aromatic heterocycles. The topological polar surface area (TPSA) is 57.5 Å². The molecule has 21 heavy (non-hydrogen) atoms. The van der Waals surface area contributed by atoms with E-state index in [1.165, 1.54) is 12.8 Å². The molecule has 1 atom stereocenters. The van der Waals surface area contributed by atoms with Crippen LogP contribution in [0.2, 0.25) is 0 Å². The first-order chi connectivity index (χ1) is 9.97. The van der Waals surface area contributed by atoms with Gasteiger partial charge in [-0.2, -0.15) is 0 Å². The fraction of sp³-hybridized carbons (Fsp3) is 0.824. The van der Waals surface area contributed by atoms with Gasteiger partial charge in [0.25, 0.3) is 0 Å². The lowest BCUT2D eigenvalue weighted by Crippen LogP contribution is -2.55. The molecule has 4 heteroatoms. The fourth-order valence-corrected chi connectivity index (χ4v) is 2.91. The summed E-state index contributed by atoms with van der Waals surface area (Å²) in [4.78, 5) is 11.6. The van der Waals surface area contributed by atoms with Crippen molar-refractivity contribution < 1.29 is 19.5 Å². The molecule has 1 unspecified atom stereocenters. The molecule has 0 aromatic carbocycles. The normalized spacial score (nSPS) is 14.2. The van der Waals surface area contributed by atoms with Crippen molar-refractivity contribution in [2.75, 3.05) is 13.1 Å². The third kappa shape index (κ3) is 6.51. The van der Waals surface area contributed by atoms with Gasteiger partial charge in [0.2, 0.25) is 0 Å². The molecule has 0 aliphatic carbocycles. The molecule has 0 heterocycles. The van der Waals surface area contributed by atoms with Gasteiger partial charge in [0.1, 0.15) is 12.0 Å². The Kier molecular flexibility index (Phi) is 10.1. The van der Waals surface area contributed by atoms with E-state index in [-0.39, 0.29) is 0 Å². The smallest absolute Gasteiger partial charge is 0.362 e. The van der Waals surface area contributed by atoms with E-state index >= 15 is 0 Å². The third-order valence-electron chi connectivity index (χ3n) is 4.34. The second-order valence-electron chi connectivity index (χ2n) is 5.81. The number of quaternary nitrogens is 1. The Hall–Kier alpha value is -1.03. The average molecular weight is 300 g/mol. The Balaban J connectivity index is 5.02. The zero-order valence-corrected chi connectivity index (χ0v) is 14.3. The van der Waals surface area contributed by atoms with Gasteiger partial charge in [0.15, 0.2) is 6.04 Å². The predicted molar refractivity (Wildman–Crippen MR) is 87.1 cm³/mol. The lowest BCUT2D eigenvalue weighted by Gasteiger charge is -2.38. The van der Waals surface area contributed by atoms with Gasteiger partial charge in [-0.3, -0.25) is 4.48 Å². The lowest BCUT2D eigenvalue weighted by molar-refractivity contribution is -0.893. The van der Waals surface area contributed by atoms with Gasteiger partial charge < -0.3 is 10.2 Å². The van der Waals surface area contributed by atoms with Gasteiger partial charge in [-0.15, -0.1) is 0 Å². The molecular weight excluding hydrogens is 266 g/mol. The van der Waals surface area contributed by atoms with Crippen LogP contribution in [-0.4, -0.2) is 39.8 Å². The van der Waals surface area contributed by atoms with E-state index in [4.69, 9.17) is 0 Å². The number of aliphatic carboxylic acids is 1. The first kappa shape index (κ1) is 20.0. The Bertz CT molecular complexity index is 322. The summed E-state index contributed by atoms with van der Waals surface area (Å²) >= 11 is 0. The van der Waals surface area contributed by atoms with Gasteiger partial charge in [0, 0.05) is 12.8 Å². The van der Waals surface area contributed by atoms with Crippen LogP contribution in [0, 0.1) is 0 Å². The number of aliphatic hydroxyl groups is 1. The van der Waals surface area contributed by atoms with Gasteiger partial charge in [-0.1, -0.05) is 33.1 Å². The van der Waals surface area contributed by atoms with Crippen molar-refractivity contribution in [1.82, 2.24) is 0 Å². The van der Waals surface area contributed by atoms with Crippen LogP contribution in [0.3, 0.4) is 0 Å². The van der Waals surface area contributed by atoms with Crippen LogP contribution in [0.5, 0.6) is 0 Å². The summed E-state index contributed by atoms with van der Waals surface area (Å²) in [5, 5.41) is 19.7. The monoisotopic (exact) mass is 300 g/mol. The predicted octanol–water partition coefficient (Wildman–Crippen LogP) is 4.47. The second-order valence-corrected chi connectivity index (χ2v) is 5.81. The molecule has 2 N–H and O–H groups in total. The van der Waals surface area contributed by atoms with Gasteiger partial charge in [0.05, 0.1) is 13.1 Å². The van der Waals surface area contributed by atoms with Crippen molar-refractivity contribution in [2.24, 2.45) is 0 Å². The second kappa shape index (κ2) is 10.7.